The van der Waals surface area contributed by atoms with E-state index in [0.29, 0.717) is 13.0 Å². The summed E-state index contributed by atoms with van der Waals surface area (Å²) in [7, 11) is 0. The van der Waals surface area contributed by atoms with Gasteiger partial charge in [0.15, 0.2) is 0 Å². The molecule has 0 aliphatic heterocycles. The number of hydrogen-bond donors (Lipinski definition) is 2. The summed E-state index contributed by atoms with van der Waals surface area (Å²) in [5, 5.41) is 2.80. The van der Waals surface area contributed by atoms with Crippen molar-refractivity contribution in [2.75, 3.05) is 0 Å². The third-order valence-electron chi connectivity index (χ3n) is 2.19. The van der Waals surface area contributed by atoms with Gasteiger partial charge in [-0.1, -0.05) is 41.1 Å². The predicted molar refractivity (Wildman–Crippen MR) is 64.3 cm³/mol. The van der Waals surface area contributed by atoms with Crippen molar-refractivity contribution in [1.29, 1.82) is 0 Å². The molecule has 1 amide bonds. The van der Waals surface area contributed by atoms with Crippen LogP contribution in [0.15, 0.2) is 28.7 Å². The quantitative estimate of drug-likeness (QED) is 0.877. The summed E-state index contributed by atoms with van der Waals surface area (Å²) in [6.07, 6.45) is 0.655. The maximum atomic E-state index is 11.4. The Kier molecular flexibility index (Phi) is 4.78. The van der Waals surface area contributed by atoms with E-state index in [1.807, 2.05) is 31.2 Å². The van der Waals surface area contributed by atoms with Crippen LogP contribution in [0.3, 0.4) is 0 Å². The van der Waals surface area contributed by atoms with Crippen LogP contribution < -0.4 is 11.1 Å². The SMILES string of the molecule is CC[C@H](N)C(=O)NCc1ccccc1Br. The van der Waals surface area contributed by atoms with Gasteiger partial charge in [-0.25, -0.2) is 0 Å². The molecule has 0 radical (unpaired) electrons. The molecule has 0 aliphatic carbocycles. The van der Waals surface area contributed by atoms with Gasteiger partial charge in [0, 0.05) is 11.0 Å². The van der Waals surface area contributed by atoms with Gasteiger partial charge in [-0.2, -0.15) is 0 Å². The standard InChI is InChI=1S/C11H15BrN2O/c1-2-10(13)11(15)14-7-8-5-3-4-6-9(8)12/h3-6,10H,2,7,13H2,1H3,(H,14,15)/t10-/m0/s1. The van der Waals surface area contributed by atoms with Crippen molar-refractivity contribution >= 4 is 21.8 Å². The molecule has 1 rings (SSSR count). The molecule has 3 N–H and O–H groups in total. The third-order valence-corrected chi connectivity index (χ3v) is 2.96. The second-order valence-corrected chi connectivity index (χ2v) is 4.18. The average molecular weight is 271 g/mol. The van der Waals surface area contributed by atoms with Crippen LogP contribution in [-0.2, 0) is 11.3 Å². The number of carbonyl (C=O) groups excluding carboxylic acids is 1. The van der Waals surface area contributed by atoms with Gasteiger partial charge in [-0.15, -0.1) is 0 Å². The molecule has 0 unspecified atom stereocenters. The normalized spacial score (nSPS) is 12.2. The first-order valence-corrected chi connectivity index (χ1v) is 5.71. The molecule has 4 heteroatoms. The summed E-state index contributed by atoms with van der Waals surface area (Å²) in [5.74, 6) is -0.103. The summed E-state index contributed by atoms with van der Waals surface area (Å²) in [4.78, 5) is 11.4. The first-order valence-electron chi connectivity index (χ1n) is 4.91. The van der Waals surface area contributed by atoms with Crippen molar-refractivity contribution in [1.82, 2.24) is 5.32 Å². The largest absolute Gasteiger partial charge is 0.351 e. The van der Waals surface area contributed by atoms with Gasteiger partial charge >= 0.3 is 0 Å². The molecule has 0 aromatic heterocycles. The van der Waals surface area contributed by atoms with E-state index < -0.39 is 6.04 Å². The first kappa shape index (κ1) is 12.2. The van der Waals surface area contributed by atoms with E-state index in [9.17, 15) is 4.79 Å². The van der Waals surface area contributed by atoms with Gasteiger partial charge < -0.3 is 11.1 Å². The van der Waals surface area contributed by atoms with Gasteiger partial charge in [-0.3, -0.25) is 4.79 Å². The van der Waals surface area contributed by atoms with Gasteiger partial charge in [0.25, 0.3) is 0 Å². The minimum absolute atomic E-state index is 0.103. The number of nitrogens with two attached hydrogens (primary N) is 1. The molecule has 0 saturated carbocycles. The Labute approximate surface area is 98.2 Å². The van der Waals surface area contributed by atoms with E-state index in [-0.39, 0.29) is 5.91 Å². The second-order valence-electron chi connectivity index (χ2n) is 3.32. The Hall–Kier alpha value is -0.870. The molecule has 82 valence electrons. The van der Waals surface area contributed by atoms with E-state index >= 15 is 0 Å². The van der Waals surface area contributed by atoms with Crippen molar-refractivity contribution in [3.05, 3.63) is 34.3 Å². The van der Waals surface area contributed by atoms with Crippen LogP contribution in [0.2, 0.25) is 0 Å². The lowest BCUT2D eigenvalue weighted by atomic mass is 10.2. The fourth-order valence-corrected chi connectivity index (χ4v) is 1.57. The molecular formula is C11H15BrN2O. The van der Waals surface area contributed by atoms with Crippen molar-refractivity contribution in [3.8, 4) is 0 Å². The zero-order valence-corrected chi connectivity index (χ0v) is 10.3. The van der Waals surface area contributed by atoms with Crippen LogP contribution in [0.4, 0.5) is 0 Å². The first-order chi connectivity index (χ1) is 7.15. The zero-order valence-electron chi connectivity index (χ0n) is 8.66. The van der Waals surface area contributed by atoms with Crippen LogP contribution in [-0.4, -0.2) is 11.9 Å². The van der Waals surface area contributed by atoms with Crippen LogP contribution in [0.1, 0.15) is 18.9 Å². The minimum atomic E-state index is -0.410. The van der Waals surface area contributed by atoms with E-state index in [1.165, 1.54) is 0 Å². The van der Waals surface area contributed by atoms with Crippen LogP contribution >= 0.6 is 15.9 Å². The Bertz CT molecular complexity index is 341. The van der Waals surface area contributed by atoms with Crippen molar-refractivity contribution in [2.24, 2.45) is 5.73 Å². The smallest absolute Gasteiger partial charge is 0.237 e. The lowest BCUT2D eigenvalue weighted by molar-refractivity contribution is -0.122. The van der Waals surface area contributed by atoms with Gasteiger partial charge in [-0.05, 0) is 18.1 Å². The molecule has 0 fully saturated rings. The van der Waals surface area contributed by atoms with Crippen molar-refractivity contribution < 1.29 is 4.79 Å². The Morgan fingerprint density at radius 1 is 1.53 bits per heavy atom. The van der Waals surface area contributed by atoms with Crippen LogP contribution in [0, 0.1) is 0 Å². The van der Waals surface area contributed by atoms with E-state index in [4.69, 9.17) is 5.73 Å². The minimum Gasteiger partial charge on any atom is -0.351 e. The second kappa shape index (κ2) is 5.88. The highest BCUT2D eigenvalue weighted by Gasteiger charge is 2.10. The molecule has 0 heterocycles. The highest BCUT2D eigenvalue weighted by molar-refractivity contribution is 9.10. The summed E-state index contributed by atoms with van der Waals surface area (Å²) in [5.41, 5.74) is 6.65. The average Bonchev–Trinajstić information content (AvgIpc) is 2.26. The zero-order chi connectivity index (χ0) is 11.3. The highest BCUT2D eigenvalue weighted by Crippen LogP contribution is 2.15. The molecular weight excluding hydrogens is 256 g/mol. The lowest BCUT2D eigenvalue weighted by Crippen LogP contribution is -2.39. The van der Waals surface area contributed by atoms with Gasteiger partial charge in [0.05, 0.1) is 6.04 Å². The highest BCUT2D eigenvalue weighted by atomic mass is 79.9. The number of amides is 1. The van der Waals surface area contributed by atoms with Crippen molar-refractivity contribution in [3.63, 3.8) is 0 Å². The fraction of sp³-hybridized carbons (Fsp3) is 0.364. The molecule has 0 spiro atoms. The van der Waals surface area contributed by atoms with Crippen LogP contribution in [0.25, 0.3) is 0 Å². The maximum absolute atomic E-state index is 11.4. The number of benzene rings is 1. The van der Waals surface area contributed by atoms with Crippen molar-refractivity contribution in [2.45, 2.75) is 25.9 Å². The summed E-state index contributed by atoms with van der Waals surface area (Å²) < 4.78 is 0.996. The number of halogens is 1. The molecule has 3 nitrogen and oxygen atoms in total. The predicted octanol–water partition coefficient (Wildman–Crippen LogP) is 1.80. The molecule has 1 atom stereocenters. The van der Waals surface area contributed by atoms with E-state index in [2.05, 4.69) is 21.2 Å². The third kappa shape index (κ3) is 3.64. The maximum Gasteiger partial charge on any atom is 0.237 e. The monoisotopic (exact) mass is 270 g/mol. The summed E-state index contributed by atoms with van der Waals surface area (Å²) >= 11 is 3.42. The number of carbonyl (C=O) groups is 1. The Morgan fingerprint density at radius 2 is 2.20 bits per heavy atom. The fourth-order valence-electron chi connectivity index (χ4n) is 1.14. The molecule has 0 aliphatic rings. The van der Waals surface area contributed by atoms with Crippen LogP contribution in [0.5, 0.6) is 0 Å². The number of nitrogens with one attached hydrogen (secondary N) is 1. The van der Waals surface area contributed by atoms with E-state index in [1.54, 1.807) is 0 Å². The molecule has 0 saturated heterocycles. The summed E-state index contributed by atoms with van der Waals surface area (Å²) in [6.45, 7) is 2.40. The van der Waals surface area contributed by atoms with Gasteiger partial charge in [0.1, 0.15) is 0 Å². The molecule has 1 aromatic carbocycles. The topological polar surface area (TPSA) is 55.1 Å². The summed E-state index contributed by atoms with van der Waals surface area (Å²) in [6, 6.07) is 7.37. The molecule has 0 bridgehead atoms. The molecule has 1 aromatic rings. The Balaban J connectivity index is 2.51. The van der Waals surface area contributed by atoms with Gasteiger partial charge in [0.2, 0.25) is 5.91 Å². The number of hydrogen-bond acceptors (Lipinski definition) is 2. The number of rotatable bonds is 4. The Morgan fingerprint density at radius 3 is 2.80 bits per heavy atom. The molecule has 15 heavy (non-hydrogen) atoms. The lowest BCUT2D eigenvalue weighted by Gasteiger charge is -2.10. The van der Waals surface area contributed by atoms with E-state index in [0.717, 1.165) is 10.0 Å².